The van der Waals surface area contributed by atoms with Gasteiger partial charge >= 0.3 is 5.97 Å². The van der Waals surface area contributed by atoms with E-state index >= 15 is 0 Å². The van der Waals surface area contributed by atoms with Crippen molar-refractivity contribution in [1.82, 2.24) is 4.72 Å². The number of hydrogen-bond acceptors (Lipinski definition) is 8. The van der Waals surface area contributed by atoms with Gasteiger partial charge in [0.05, 0.1) is 29.9 Å². The third-order valence-electron chi connectivity index (χ3n) is 3.83. The first kappa shape index (κ1) is 25.7. The molecule has 0 heterocycles. The lowest BCUT2D eigenvalue weighted by molar-refractivity contribution is -0.118. The summed E-state index contributed by atoms with van der Waals surface area (Å²) in [6, 6.07) is 9.28. The van der Waals surface area contributed by atoms with Crippen molar-refractivity contribution in [3.8, 4) is 0 Å². The third kappa shape index (κ3) is 7.88. The molecule has 0 unspecified atom stereocenters. The Morgan fingerprint density at radius 3 is 2.31 bits per heavy atom. The summed E-state index contributed by atoms with van der Waals surface area (Å²) in [5.74, 6) is -1.52. The number of benzene rings is 2. The molecule has 0 aliphatic carbocycles. The first-order chi connectivity index (χ1) is 14.9. The highest BCUT2D eigenvalue weighted by atomic mass is 35.5. The molecule has 0 aliphatic rings. The molecule has 0 bridgehead atoms. The van der Waals surface area contributed by atoms with Crippen LogP contribution in [0.2, 0.25) is 5.02 Å². The Kier molecular flexibility index (Phi) is 8.75. The Morgan fingerprint density at radius 1 is 1.06 bits per heavy atom. The molecule has 0 radical (unpaired) electrons. The maximum absolute atomic E-state index is 12.7. The smallest absolute Gasteiger partial charge is 0.338 e. The fourth-order valence-electron chi connectivity index (χ4n) is 2.39. The first-order valence-corrected chi connectivity index (χ1v) is 12.8. The zero-order valence-electron chi connectivity index (χ0n) is 17.1. The summed E-state index contributed by atoms with van der Waals surface area (Å²) in [5.41, 5.74) is 0.325. The Bertz CT molecular complexity index is 1180. The Labute approximate surface area is 191 Å². The van der Waals surface area contributed by atoms with Crippen LogP contribution in [0.1, 0.15) is 17.3 Å². The minimum absolute atomic E-state index is 0.160. The van der Waals surface area contributed by atoms with E-state index in [1.54, 1.807) is 6.92 Å². The van der Waals surface area contributed by atoms with Crippen molar-refractivity contribution >= 4 is 49.3 Å². The minimum atomic E-state index is -4.23. The molecule has 0 spiro atoms. The molecule has 2 N–H and O–H groups in total. The van der Waals surface area contributed by atoms with Gasteiger partial charge in [-0.05, 0) is 49.4 Å². The summed E-state index contributed by atoms with van der Waals surface area (Å²) < 4.78 is 59.7. The second kappa shape index (κ2) is 10.9. The fraction of sp³-hybridized carbons (Fsp3) is 0.263. The number of nitrogens with one attached hydrogen (secondary N) is 2. The summed E-state index contributed by atoms with van der Waals surface area (Å²) in [4.78, 5) is 24.4. The van der Waals surface area contributed by atoms with Crippen molar-refractivity contribution < 1.29 is 35.3 Å². The van der Waals surface area contributed by atoms with E-state index in [2.05, 4.69) is 14.2 Å². The largest absolute Gasteiger partial charge is 0.462 e. The number of hydrogen-bond donors (Lipinski definition) is 2. The predicted octanol–water partition coefficient (Wildman–Crippen LogP) is 1.78. The van der Waals surface area contributed by atoms with Gasteiger partial charge in [0.25, 0.3) is 10.1 Å². The number of ether oxygens (including phenoxy) is 1. The number of anilines is 1. The van der Waals surface area contributed by atoms with E-state index < -0.39 is 44.7 Å². The lowest BCUT2D eigenvalue weighted by Gasteiger charge is -2.18. The van der Waals surface area contributed by atoms with Gasteiger partial charge in [-0.25, -0.2) is 13.2 Å². The topological polar surface area (TPSA) is 145 Å². The molecule has 0 fully saturated rings. The van der Waals surface area contributed by atoms with Crippen LogP contribution in [-0.2, 0) is 33.9 Å². The van der Waals surface area contributed by atoms with E-state index in [9.17, 15) is 26.4 Å². The lowest BCUT2D eigenvalue weighted by atomic mass is 10.2. The minimum Gasteiger partial charge on any atom is -0.462 e. The van der Waals surface area contributed by atoms with Gasteiger partial charge < -0.3 is 10.1 Å². The SMILES string of the molecule is CCOC(=O)c1cccc(NC(=O)[C@H](COS(C)(=O)=O)NS(=O)(=O)c2ccc(Cl)cc2)c1. The molecular weight excluding hydrogens is 484 g/mol. The number of carbonyl (C=O) groups is 2. The fourth-order valence-corrected chi connectivity index (χ4v) is 4.08. The van der Waals surface area contributed by atoms with E-state index in [0.29, 0.717) is 5.02 Å². The van der Waals surface area contributed by atoms with Crippen molar-refractivity contribution in [2.75, 3.05) is 24.8 Å². The van der Waals surface area contributed by atoms with Crippen LogP contribution in [0.5, 0.6) is 0 Å². The Morgan fingerprint density at radius 2 is 1.72 bits per heavy atom. The summed E-state index contributed by atoms with van der Waals surface area (Å²) >= 11 is 5.76. The van der Waals surface area contributed by atoms with Crippen molar-refractivity contribution in [3.63, 3.8) is 0 Å². The van der Waals surface area contributed by atoms with Gasteiger partial charge in [-0.15, -0.1) is 0 Å². The van der Waals surface area contributed by atoms with Gasteiger partial charge in [-0.1, -0.05) is 17.7 Å². The number of carbonyl (C=O) groups excluding carboxylic acids is 2. The Hall–Kier alpha value is -2.51. The monoisotopic (exact) mass is 504 g/mol. The second-order valence-corrected chi connectivity index (χ2v) is 10.2. The predicted molar refractivity (Wildman–Crippen MR) is 117 cm³/mol. The van der Waals surface area contributed by atoms with E-state index in [-0.39, 0.29) is 22.8 Å². The van der Waals surface area contributed by atoms with Gasteiger partial charge in [0.2, 0.25) is 15.9 Å². The van der Waals surface area contributed by atoms with E-state index in [4.69, 9.17) is 16.3 Å². The standard InChI is InChI=1S/C19H21ClN2O8S2/c1-3-29-19(24)13-5-4-6-15(11-13)21-18(23)17(12-30-31(2,25)26)22-32(27,28)16-9-7-14(20)8-10-16/h4-11,17,22H,3,12H2,1-2H3,(H,21,23)/t17-/m0/s1. The molecule has 0 saturated carbocycles. The second-order valence-electron chi connectivity index (χ2n) is 6.41. The molecule has 2 aromatic carbocycles. The van der Waals surface area contributed by atoms with Crippen molar-refractivity contribution in [1.29, 1.82) is 0 Å². The molecule has 0 saturated heterocycles. The van der Waals surface area contributed by atoms with Crippen molar-refractivity contribution in [2.24, 2.45) is 0 Å². The Balaban J connectivity index is 2.26. The molecule has 2 rings (SSSR count). The quantitative estimate of drug-likeness (QED) is 0.368. The van der Waals surface area contributed by atoms with Crippen LogP contribution in [0.15, 0.2) is 53.4 Å². The van der Waals surface area contributed by atoms with Crippen LogP contribution in [0.4, 0.5) is 5.69 Å². The molecule has 13 heteroatoms. The molecule has 0 aromatic heterocycles. The molecule has 2 aromatic rings. The van der Waals surface area contributed by atoms with E-state index in [1.807, 2.05) is 0 Å². The van der Waals surface area contributed by atoms with Crippen LogP contribution < -0.4 is 10.0 Å². The maximum Gasteiger partial charge on any atom is 0.338 e. The highest BCUT2D eigenvalue weighted by Crippen LogP contribution is 2.16. The zero-order chi connectivity index (χ0) is 23.9. The lowest BCUT2D eigenvalue weighted by Crippen LogP contribution is -2.47. The molecule has 1 amide bonds. The van der Waals surface area contributed by atoms with Gasteiger partial charge in [-0.2, -0.15) is 13.1 Å². The van der Waals surface area contributed by atoms with Crippen LogP contribution in [0.25, 0.3) is 0 Å². The third-order valence-corrected chi connectivity index (χ3v) is 6.13. The number of esters is 1. The highest BCUT2D eigenvalue weighted by Gasteiger charge is 2.28. The summed E-state index contributed by atoms with van der Waals surface area (Å²) in [7, 11) is -8.20. The number of sulfonamides is 1. The van der Waals surface area contributed by atoms with Gasteiger partial charge in [0.15, 0.2) is 0 Å². The first-order valence-electron chi connectivity index (χ1n) is 9.11. The average molecular weight is 505 g/mol. The molecular formula is C19H21ClN2O8S2. The number of halogens is 1. The zero-order valence-corrected chi connectivity index (χ0v) is 19.5. The van der Waals surface area contributed by atoms with Crippen molar-refractivity contribution in [3.05, 3.63) is 59.1 Å². The van der Waals surface area contributed by atoms with Crippen molar-refractivity contribution in [2.45, 2.75) is 17.9 Å². The summed E-state index contributed by atoms with van der Waals surface area (Å²) in [6.45, 7) is 1.00. The van der Waals surface area contributed by atoms with Crippen LogP contribution in [0, 0.1) is 0 Å². The molecule has 174 valence electrons. The van der Waals surface area contributed by atoms with Crippen LogP contribution in [-0.4, -0.2) is 54.2 Å². The van der Waals surface area contributed by atoms with Crippen LogP contribution in [0.3, 0.4) is 0 Å². The van der Waals surface area contributed by atoms with Gasteiger partial charge in [0.1, 0.15) is 6.04 Å². The number of amides is 1. The normalized spacial score (nSPS) is 12.7. The van der Waals surface area contributed by atoms with Gasteiger partial charge in [0, 0.05) is 10.7 Å². The summed E-state index contributed by atoms with van der Waals surface area (Å²) in [6.07, 6.45) is 0.762. The van der Waals surface area contributed by atoms with E-state index in [0.717, 1.165) is 6.26 Å². The highest BCUT2D eigenvalue weighted by molar-refractivity contribution is 7.89. The average Bonchev–Trinajstić information content (AvgIpc) is 2.71. The van der Waals surface area contributed by atoms with Crippen LogP contribution >= 0.6 is 11.6 Å². The molecule has 1 atom stereocenters. The molecule has 10 nitrogen and oxygen atoms in total. The molecule has 0 aliphatic heterocycles. The van der Waals surface area contributed by atoms with Gasteiger partial charge in [-0.3, -0.25) is 8.98 Å². The number of rotatable bonds is 10. The summed E-state index contributed by atoms with van der Waals surface area (Å²) in [5, 5.41) is 2.73. The van der Waals surface area contributed by atoms with E-state index in [1.165, 1.54) is 48.5 Å². The molecule has 32 heavy (non-hydrogen) atoms. The maximum atomic E-state index is 12.7.